The second kappa shape index (κ2) is 10.1. The number of aliphatic imine (C=N–C) groups is 1. The van der Waals surface area contributed by atoms with Crippen molar-refractivity contribution in [2.45, 2.75) is 76.7 Å². The fourth-order valence-corrected chi connectivity index (χ4v) is 4.35. The van der Waals surface area contributed by atoms with Gasteiger partial charge in [0.2, 0.25) is 5.82 Å². The molecule has 2 fully saturated rings. The van der Waals surface area contributed by atoms with Gasteiger partial charge in [0.15, 0.2) is 11.7 Å². The lowest BCUT2D eigenvalue weighted by molar-refractivity contribution is 0.00544. The van der Waals surface area contributed by atoms with Gasteiger partial charge in [0.05, 0.1) is 12.8 Å². The maximum atomic E-state index is 12.6. The van der Waals surface area contributed by atoms with E-state index in [2.05, 4.69) is 30.8 Å². The molecule has 4 heterocycles. The highest BCUT2D eigenvalue weighted by Gasteiger charge is 2.45. The first-order valence-electron chi connectivity index (χ1n) is 10.8. The lowest BCUT2D eigenvalue weighted by Crippen LogP contribution is -2.54. The fraction of sp³-hybridized carbons (Fsp3) is 0.619. The molecule has 3 N–H and O–H groups in total. The minimum absolute atomic E-state index is 0. The van der Waals surface area contributed by atoms with Gasteiger partial charge in [0.1, 0.15) is 11.4 Å². The fourth-order valence-electron chi connectivity index (χ4n) is 4.35. The summed E-state index contributed by atoms with van der Waals surface area (Å²) < 4.78 is 10.9. The summed E-state index contributed by atoms with van der Waals surface area (Å²) in [6.45, 7) is 6.17. The Kier molecular flexibility index (Phi) is 7.67. The Bertz CT molecular complexity index is 908. The van der Waals surface area contributed by atoms with Crippen LogP contribution >= 0.6 is 24.0 Å². The molecule has 2 aromatic heterocycles. The van der Waals surface area contributed by atoms with Crippen molar-refractivity contribution in [1.29, 1.82) is 0 Å². The predicted molar refractivity (Wildman–Crippen MR) is 131 cm³/mol. The van der Waals surface area contributed by atoms with E-state index in [1.807, 2.05) is 31.7 Å². The number of aromatic amines is 1. The van der Waals surface area contributed by atoms with Gasteiger partial charge in [0.25, 0.3) is 0 Å². The molecule has 2 bridgehead atoms. The number of carbonyl (C=O) groups excluding carboxylic acids is 1. The normalized spacial score (nSPS) is 22.9. The molecule has 0 aliphatic carbocycles. The monoisotopic (exact) mass is 557 g/mol. The Morgan fingerprint density at radius 2 is 2.06 bits per heavy atom. The van der Waals surface area contributed by atoms with Crippen LogP contribution in [0.15, 0.2) is 27.8 Å². The lowest BCUT2D eigenvalue weighted by Gasteiger charge is -2.40. The van der Waals surface area contributed by atoms with Crippen molar-refractivity contribution >= 4 is 36.0 Å². The summed E-state index contributed by atoms with van der Waals surface area (Å²) >= 11 is 0. The van der Waals surface area contributed by atoms with Gasteiger partial charge in [0, 0.05) is 25.2 Å². The summed E-state index contributed by atoms with van der Waals surface area (Å²) in [4.78, 5) is 23.3. The van der Waals surface area contributed by atoms with Crippen molar-refractivity contribution in [2.75, 3.05) is 7.05 Å². The molecule has 2 aliphatic rings. The highest BCUT2D eigenvalue weighted by Crippen LogP contribution is 2.36. The number of fused-ring (bicyclic) bond motifs is 2. The van der Waals surface area contributed by atoms with Crippen molar-refractivity contribution in [2.24, 2.45) is 4.99 Å². The third-order valence-corrected chi connectivity index (χ3v) is 5.60. The highest BCUT2D eigenvalue weighted by atomic mass is 127. The van der Waals surface area contributed by atoms with Gasteiger partial charge in [-0.25, -0.2) is 9.78 Å². The Balaban J connectivity index is 0.00000289. The molecule has 10 nitrogen and oxygen atoms in total. The average molecular weight is 557 g/mol. The number of H-pyrrole nitrogens is 1. The first kappa shape index (κ1) is 24.3. The smallest absolute Gasteiger partial charge is 0.410 e. The molecule has 2 saturated heterocycles. The maximum absolute atomic E-state index is 12.6. The van der Waals surface area contributed by atoms with E-state index >= 15 is 0 Å². The van der Waals surface area contributed by atoms with Gasteiger partial charge >= 0.3 is 6.09 Å². The Hall–Kier alpha value is -2.31. The topological polar surface area (TPSA) is 121 Å². The van der Waals surface area contributed by atoms with E-state index in [0.717, 1.165) is 25.7 Å². The number of furan rings is 1. The van der Waals surface area contributed by atoms with Gasteiger partial charge in [-0.15, -0.1) is 29.1 Å². The molecule has 2 aromatic rings. The number of hydrogen-bond acceptors (Lipinski definition) is 6. The number of hydrogen-bond donors (Lipinski definition) is 3. The van der Waals surface area contributed by atoms with Gasteiger partial charge < -0.3 is 24.7 Å². The highest BCUT2D eigenvalue weighted by molar-refractivity contribution is 14.0. The molecule has 2 unspecified atom stereocenters. The quantitative estimate of drug-likeness (QED) is 0.300. The number of nitrogens with zero attached hydrogens (tertiary/aromatic N) is 4. The van der Waals surface area contributed by atoms with Crippen LogP contribution in [0, 0.1) is 0 Å². The minimum Gasteiger partial charge on any atom is -0.461 e. The van der Waals surface area contributed by atoms with Crippen LogP contribution in [-0.2, 0) is 11.3 Å². The number of halogens is 1. The van der Waals surface area contributed by atoms with Crippen molar-refractivity contribution in [1.82, 2.24) is 30.7 Å². The molecule has 32 heavy (non-hydrogen) atoms. The van der Waals surface area contributed by atoms with Crippen LogP contribution in [0.5, 0.6) is 0 Å². The SMILES string of the molecule is CN=C(NCc1nc(-c2ccco2)n[nH]1)NC1CC2CCC(C1)N2C(=O)OC(C)(C)C.I. The van der Waals surface area contributed by atoms with Crippen molar-refractivity contribution in [3.05, 3.63) is 24.2 Å². The van der Waals surface area contributed by atoms with E-state index < -0.39 is 5.60 Å². The summed E-state index contributed by atoms with van der Waals surface area (Å²) in [5, 5.41) is 13.9. The number of piperidine rings is 1. The van der Waals surface area contributed by atoms with Crippen LogP contribution in [0.4, 0.5) is 4.79 Å². The molecule has 176 valence electrons. The van der Waals surface area contributed by atoms with E-state index in [1.165, 1.54) is 0 Å². The summed E-state index contributed by atoms with van der Waals surface area (Å²) in [5.74, 6) is 2.54. The number of amides is 1. The third-order valence-electron chi connectivity index (χ3n) is 5.60. The van der Waals surface area contributed by atoms with Crippen LogP contribution in [0.25, 0.3) is 11.6 Å². The van der Waals surface area contributed by atoms with Gasteiger partial charge in [-0.2, -0.15) is 0 Å². The van der Waals surface area contributed by atoms with E-state index in [1.54, 1.807) is 19.4 Å². The van der Waals surface area contributed by atoms with E-state index in [4.69, 9.17) is 9.15 Å². The molecule has 0 saturated carbocycles. The van der Waals surface area contributed by atoms with Gasteiger partial charge in [-0.1, -0.05) is 0 Å². The molecule has 0 aromatic carbocycles. The molecule has 0 radical (unpaired) electrons. The van der Waals surface area contributed by atoms with Crippen molar-refractivity contribution in [3.63, 3.8) is 0 Å². The summed E-state index contributed by atoms with van der Waals surface area (Å²) in [6, 6.07) is 4.27. The number of guanidine groups is 1. The van der Waals surface area contributed by atoms with Crippen LogP contribution in [0.1, 0.15) is 52.3 Å². The van der Waals surface area contributed by atoms with Crippen molar-refractivity contribution < 1.29 is 13.9 Å². The second-order valence-electron chi connectivity index (χ2n) is 9.09. The van der Waals surface area contributed by atoms with Gasteiger partial charge in [-0.05, 0) is 58.6 Å². The molecule has 11 heteroatoms. The van der Waals surface area contributed by atoms with E-state index in [0.29, 0.717) is 29.9 Å². The standard InChI is InChI=1S/C21H31N7O3.HI/c1-21(2,3)31-20(29)28-14-7-8-15(28)11-13(10-14)24-19(22-4)23-12-17-25-18(27-26-17)16-6-5-9-30-16;/h5-6,9,13-15H,7-8,10-12H2,1-4H3,(H2,22,23,24)(H,25,26,27);1H. The number of nitrogens with one attached hydrogen (secondary N) is 3. The first-order chi connectivity index (χ1) is 14.8. The summed E-state index contributed by atoms with van der Waals surface area (Å²) in [5.41, 5.74) is -0.477. The number of ether oxygens (including phenoxy) is 1. The Labute approximate surface area is 205 Å². The zero-order valence-corrected chi connectivity index (χ0v) is 21.3. The first-order valence-corrected chi connectivity index (χ1v) is 10.8. The summed E-state index contributed by atoms with van der Waals surface area (Å²) in [7, 11) is 1.74. The molecule has 4 rings (SSSR count). The molecule has 2 aliphatic heterocycles. The van der Waals surface area contributed by atoms with E-state index in [9.17, 15) is 4.79 Å². The maximum Gasteiger partial charge on any atom is 0.410 e. The summed E-state index contributed by atoms with van der Waals surface area (Å²) in [6.07, 6.45) is 5.18. The number of aromatic nitrogens is 3. The predicted octanol–water partition coefficient (Wildman–Crippen LogP) is 3.28. The molecule has 0 spiro atoms. The average Bonchev–Trinajstić information content (AvgIpc) is 3.43. The number of rotatable bonds is 4. The zero-order chi connectivity index (χ0) is 22.0. The van der Waals surface area contributed by atoms with E-state index in [-0.39, 0.29) is 48.2 Å². The zero-order valence-electron chi connectivity index (χ0n) is 18.9. The number of carbonyl (C=O) groups is 1. The van der Waals surface area contributed by atoms with Gasteiger partial charge in [-0.3, -0.25) is 10.1 Å². The van der Waals surface area contributed by atoms with Crippen LogP contribution in [0.2, 0.25) is 0 Å². The Morgan fingerprint density at radius 3 is 2.66 bits per heavy atom. The second-order valence-corrected chi connectivity index (χ2v) is 9.09. The lowest BCUT2D eigenvalue weighted by atomic mass is 9.98. The largest absolute Gasteiger partial charge is 0.461 e. The van der Waals surface area contributed by atoms with Crippen molar-refractivity contribution in [3.8, 4) is 11.6 Å². The molecular formula is C21H32IN7O3. The third kappa shape index (κ3) is 5.73. The molecule has 2 atom stereocenters. The van der Waals surface area contributed by atoms with Crippen LogP contribution in [-0.4, -0.2) is 62.9 Å². The van der Waals surface area contributed by atoms with Crippen LogP contribution < -0.4 is 10.6 Å². The Morgan fingerprint density at radius 1 is 1.34 bits per heavy atom. The molecular weight excluding hydrogens is 525 g/mol. The molecule has 1 amide bonds. The minimum atomic E-state index is -0.477. The van der Waals surface area contributed by atoms with Crippen LogP contribution in [0.3, 0.4) is 0 Å².